The monoisotopic (exact) mass is 323 g/mol. The fraction of sp³-hybridized carbons (Fsp3) is 0.214. The van der Waals surface area contributed by atoms with Crippen molar-refractivity contribution in [3.63, 3.8) is 0 Å². The first-order chi connectivity index (χ1) is 10.8. The van der Waals surface area contributed by atoms with Crippen molar-refractivity contribution in [3.8, 4) is 5.82 Å². The minimum absolute atomic E-state index is 0.0519. The number of aromatic amines is 1. The van der Waals surface area contributed by atoms with E-state index in [1.807, 2.05) is 0 Å². The average molecular weight is 323 g/mol. The average Bonchev–Trinajstić information content (AvgIpc) is 2.99. The molecule has 2 aromatic heterocycles. The Morgan fingerprint density at radius 1 is 1.30 bits per heavy atom. The van der Waals surface area contributed by atoms with Crippen LogP contribution >= 0.6 is 0 Å². The highest BCUT2D eigenvalue weighted by Gasteiger charge is 2.34. The molecule has 3 rings (SSSR count). The van der Waals surface area contributed by atoms with Gasteiger partial charge in [0, 0.05) is 12.3 Å². The molecule has 1 atom stereocenters. The number of fused-ring (bicyclic) bond motifs is 1. The molecule has 2 heterocycles. The maximum atomic E-state index is 13.2. The third-order valence-electron chi connectivity index (χ3n) is 3.35. The SMILES string of the molecule is CC(N)c1nc2cccc(C(F)(F)F)c2c(=O)n1-c1cc[nH]n1. The number of H-pyrrole nitrogens is 1. The lowest BCUT2D eigenvalue weighted by molar-refractivity contribution is -0.136. The van der Waals surface area contributed by atoms with Crippen molar-refractivity contribution in [1.82, 2.24) is 19.7 Å². The Morgan fingerprint density at radius 3 is 2.61 bits per heavy atom. The number of aromatic nitrogens is 4. The largest absolute Gasteiger partial charge is 0.417 e. The summed E-state index contributed by atoms with van der Waals surface area (Å²) in [6, 6.07) is 4.20. The predicted octanol–water partition coefficient (Wildman–Crippen LogP) is 2.15. The number of nitrogens with zero attached hydrogens (tertiary/aromatic N) is 3. The Hall–Kier alpha value is -2.68. The number of nitrogens with one attached hydrogen (secondary N) is 1. The molecule has 0 saturated carbocycles. The molecule has 0 amide bonds. The van der Waals surface area contributed by atoms with E-state index in [0.717, 1.165) is 10.6 Å². The number of benzene rings is 1. The second-order valence-corrected chi connectivity index (χ2v) is 5.03. The molecule has 9 heteroatoms. The predicted molar refractivity (Wildman–Crippen MR) is 77.1 cm³/mol. The standard InChI is InChI=1S/C14H12F3N5O/c1-7(18)12-20-9-4-2-3-8(14(15,16)17)11(9)13(23)22(12)10-5-6-19-21-10/h2-7H,18H2,1H3,(H,19,21). The van der Waals surface area contributed by atoms with Crippen LogP contribution < -0.4 is 11.3 Å². The summed E-state index contributed by atoms with van der Waals surface area (Å²) in [4.78, 5) is 16.9. The Balaban J connectivity index is 2.49. The van der Waals surface area contributed by atoms with Gasteiger partial charge < -0.3 is 5.73 Å². The van der Waals surface area contributed by atoms with E-state index >= 15 is 0 Å². The molecule has 0 aliphatic heterocycles. The summed E-state index contributed by atoms with van der Waals surface area (Å²) in [5, 5.41) is 5.86. The van der Waals surface area contributed by atoms with Crippen molar-refractivity contribution in [1.29, 1.82) is 0 Å². The fourth-order valence-electron chi connectivity index (χ4n) is 2.39. The molecule has 6 nitrogen and oxygen atoms in total. The zero-order valence-corrected chi connectivity index (χ0v) is 11.9. The van der Waals surface area contributed by atoms with Crippen molar-refractivity contribution in [2.75, 3.05) is 0 Å². The van der Waals surface area contributed by atoms with Crippen LogP contribution in [-0.2, 0) is 6.18 Å². The fourth-order valence-corrected chi connectivity index (χ4v) is 2.39. The van der Waals surface area contributed by atoms with Crippen molar-refractivity contribution >= 4 is 10.9 Å². The maximum Gasteiger partial charge on any atom is 0.417 e. The van der Waals surface area contributed by atoms with E-state index in [1.165, 1.54) is 24.4 Å². The summed E-state index contributed by atoms with van der Waals surface area (Å²) in [6.07, 6.45) is -3.22. The van der Waals surface area contributed by atoms with Gasteiger partial charge in [-0.15, -0.1) is 0 Å². The first-order valence-corrected chi connectivity index (χ1v) is 6.69. The summed E-state index contributed by atoms with van der Waals surface area (Å²) >= 11 is 0. The highest BCUT2D eigenvalue weighted by molar-refractivity contribution is 5.82. The Labute approximate surface area is 127 Å². The number of hydrogen-bond donors (Lipinski definition) is 2. The molecule has 3 aromatic rings. The van der Waals surface area contributed by atoms with Crippen molar-refractivity contribution in [2.45, 2.75) is 19.1 Å². The van der Waals surface area contributed by atoms with Gasteiger partial charge in [-0.2, -0.15) is 18.3 Å². The minimum Gasteiger partial charge on any atom is -0.322 e. The normalized spacial score (nSPS) is 13.4. The van der Waals surface area contributed by atoms with Gasteiger partial charge >= 0.3 is 6.18 Å². The lowest BCUT2D eigenvalue weighted by atomic mass is 10.1. The van der Waals surface area contributed by atoms with Gasteiger partial charge in [-0.05, 0) is 19.1 Å². The van der Waals surface area contributed by atoms with Gasteiger partial charge in [0.2, 0.25) is 0 Å². The summed E-state index contributed by atoms with van der Waals surface area (Å²) in [6.45, 7) is 1.59. The molecule has 0 saturated heterocycles. The van der Waals surface area contributed by atoms with Crippen LogP contribution in [0.1, 0.15) is 24.4 Å². The van der Waals surface area contributed by atoms with Crippen LogP contribution in [0.5, 0.6) is 0 Å². The molecule has 0 fully saturated rings. The van der Waals surface area contributed by atoms with Crippen molar-refractivity contribution in [3.05, 3.63) is 52.2 Å². The van der Waals surface area contributed by atoms with Crippen LogP contribution in [0.15, 0.2) is 35.3 Å². The second kappa shape index (κ2) is 5.20. The molecule has 0 radical (unpaired) electrons. The van der Waals surface area contributed by atoms with E-state index in [1.54, 1.807) is 6.92 Å². The quantitative estimate of drug-likeness (QED) is 0.756. The number of halogens is 3. The first-order valence-electron chi connectivity index (χ1n) is 6.69. The van der Waals surface area contributed by atoms with Gasteiger partial charge in [-0.1, -0.05) is 6.07 Å². The third kappa shape index (κ3) is 2.48. The van der Waals surface area contributed by atoms with Crippen LogP contribution in [0.3, 0.4) is 0 Å². The molecular weight excluding hydrogens is 311 g/mol. The number of hydrogen-bond acceptors (Lipinski definition) is 4. The van der Waals surface area contributed by atoms with E-state index in [4.69, 9.17) is 5.73 Å². The number of alkyl halides is 3. The number of rotatable bonds is 2. The topological polar surface area (TPSA) is 89.6 Å². The Bertz CT molecular complexity index is 913. The first kappa shape index (κ1) is 15.2. The maximum absolute atomic E-state index is 13.2. The molecule has 120 valence electrons. The van der Waals surface area contributed by atoms with Crippen LogP contribution in [0, 0.1) is 0 Å². The molecule has 23 heavy (non-hydrogen) atoms. The Kier molecular flexibility index (Phi) is 3.44. The molecular formula is C14H12F3N5O. The third-order valence-corrected chi connectivity index (χ3v) is 3.35. The Morgan fingerprint density at radius 2 is 2.04 bits per heavy atom. The van der Waals surface area contributed by atoms with E-state index < -0.39 is 28.7 Å². The van der Waals surface area contributed by atoms with Crippen LogP contribution in [0.25, 0.3) is 16.7 Å². The van der Waals surface area contributed by atoms with Crippen LogP contribution in [-0.4, -0.2) is 19.7 Å². The molecule has 1 aromatic carbocycles. The molecule has 0 aliphatic rings. The lowest BCUT2D eigenvalue weighted by Gasteiger charge is -2.16. The highest BCUT2D eigenvalue weighted by Crippen LogP contribution is 2.33. The molecule has 0 spiro atoms. The zero-order valence-electron chi connectivity index (χ0n) is 11.9. The zero-order chi connectivity index (χ0) is 16.8. The van der Waals surface area contributed by atoms with Gasteiger partial charge in [0.25, 0.3) is 5.56 Å². The summed E-state index contributed by atoms with van der Waals surface area (Å²) in [5.41, 5.74) is 3.88. The smallest absolute Gasteiger partial charge is 0.322 e. The van der Waals surface area contributed by atoms with E-state index in [-0.39, 0.29) is 17.2 Å². The van der Waals surface area contributed by atoms with E-state index in [0.29, 0.717) is 0 Å². The highest BCUT2D eigenvalue weighted by atomic mass is 19.4. The summed E-state index contributed by atoms with van der Waals surface area (Å²) in [7, 11) is 0. The van der Waals surface area contributed by atoms with Crippen molar-refractivity contribution < 1.29 is 13.2 Å². The van der Waals surface area contributed by atoms with Gasteiger partial charge in [-0.25, -0.2) is 9.55 Å². The lowest BCUT2D eigenvalue weighted by Crippen LogP contribution is -2.29. The minimum atomic E-state index is -4.67. The number of nitrogens with two attached hydrogens (primary N) is 1. The van der Waals surface area contributed by atoms with E-state index in [9.17, 15) is 18.0 Å². The molecule has 1 unspecified atom stereocenters. The molecule has 0 aliphatic carbocycles. The van der Waals surface area contributed by atoms with Gasteiger partial charge in [0.15, 0.2) is 5.82 Å². The summed E-state index contributed by atoms with van der Waals surface area (Å²) in [5.74, 6) is 0.266. The van der Waals surface area contributed by atoms with Crippen LogP contribution in [0.4, 0.5) is 13.2 Å². The summed E-state index contributed by atoms with van der Waals surface area (Å²) < 4.78 is 40.6. The molecule has 3 N–H and O–H groups in total. The van der Waals surface area contributed by atoms with Gasteiger partial charge in [0.05, 0.1) is 22.5 Å². The second-order valence-electron chi connectivity index (χ2n) is 5.03. The van der Waals surface area contributed by atoms with Gasteiger partial charge in [0.1, 0.15) is 5.82 Å². The van der Waals surface area contributed by atoms with Crippen LogP contribution in [0.2, 0.25) is 0 Å². The van der Waals surface area contributed by atoms with Gasteiger partial charge in [-0.3, -0.25) is 9.89 Å². The molecule has 0 bridgehead atoms. The van der Waals surface area contributed by atoms with Crippen molar-refractivity contribution in [2.24, 2.45) is 5.73 Å². The van der Waals surface area contributed by atoms with E-state index in [2.05, 4.69) is 15.2 Å².